The standard InChI is InChI=1S/C16H28N2O3/c1-3-7-16(8-9-17-12-16)15(20)18-10-5-4-6-13(18)11-14(19)21-2/h13,17H,3-12H2,1-2H3. The highest BCUT2D eigenvalue weighted by atomic mass is 16.5. The molecular formula is C16H28N2O3. The van der Waals surface area contributed by atoms with Crippen molar-refractivity contribution in [1.82, 2.24) is 10.2 Å². The SMILES string of the molecule is CCCC1(C(=O)N2CCCCC2CC(=O)OC)CCNC1. The summed E-state index contributed by atoms with van der Waals surface area (Å²) in [5, 5.41) is 3.35. The minimum absolute atomic E-state index is 0.0213. The number of likely N-dealkylation sites (tertiary alicyclic amines) is 1. The molecule has 2 heterocycles. The summed E-state index contributed by atoms with van der Waals surface area (Å²) in [4.78, 5) is 26.7. The molecular weight excluding hydrogens is 268 g/mol. The highest BCUT2D eigenvalue weighted by molar-refractivity contribution is 5.84. The molecule has 0 saturated carbocycles. The highest BCUT2D eigenvalue weighted by Gasteiger charge is 2.44. The van der Waals surface area contributed by atoms with Gasteiger partial charge in [-0.3, -0.25) is 9.59 Å². The van der Waals surface area contributed by atoms with Crippen LogP contribution in [-0.4, -0.2) is 49.6 Å². The Bertz CT molecular complexity index is 378. The molecule has 21 heavy (non-hydrogen) atoms. The van der Waals surface area contributed by atoms with Crippen LogP contribution in [0.3, 0.4) is 0 Å². The summed E-state index contributed by atoms with van der Waals surface area (Å²) >= 11 is 0. The van der Waals surface area contributed by atoms with Crippen LogP contribution >= 0.6 is 0 Å². The van der Waals surface area contributed by atoms with Crippen molar-refractivity contribution >= 4 is 11.9 Å². The van der Waals surface area contributed by atoms with Gasteiger partial charge in [-0.1, -0.05) is 13.3 Å². The average molecular weight is 296 g/mol. The zero-order valence-electron chi connectivity index (χ0n) is 13.3. The normalized spacial score (nSPS) is 29.4. The number of carbonyl (C=O) groups is 2. The predicted molar refractivity (Wildman–Crippen MR) is 80.8 cm³/mol. The van der Waals surface area contributed by atoms with Gasteiger partial charge in [-0.05, 0) is 38.6 Å². The van der Waals surface area contributed by atoms with Gasteiger partial charge in [0.2, 0.25) is 5.91 Å². The van der Waals surface area contributed by atoms with Crippen molar-refractivity contribution < 1.29 is 14.3 Å². The van der Waals surface area contributed by atoms with Crippen molar-refractivity contribution in [3.63, 3.8) is 0 Å². The Balaban J connectivity index is 2.11. The molecule has 2 atom stereocenters. The lowest BCUT2D eigenvalue weighted by molar-refractivity contribution is -0.149. The van der Waals surface area contributed by atoms with Crippen molar-refractivity contribution in [3.8, 4) is 0 Å². The minimum Gasteiger partial charge on any atom is -0.469 e. The van der Waals surface area contributed by atoms with Gasteiger partial charge in [0.1, 0.15) is 0 Å². The zero-order valence-corrected chi connectivity index (χ0v) is 13.3. The number of nitrogens with one attached hydrogen (secondary N) is 1. The Morgan fingerprint density at radius 2 is 2.19 bits per heavy atom. The van der Waals surface area contributed by atoms with Gasteiger partial charge >= 0.3 is 5.97 Å². The molecule has 0 aromatic rings. The molecule has 2 saturated heterocycles. The Kier molecular flexibility index (Phi) is 5.62. The van der Waals surface area contributed by atoms with E-state index in [9.17, 15) is 9.59 Å². The molecule has 2 aliphatic rings. The number of piperidine rings is 1. The third-order valence-electron chi connectivity index (χ3n) is 4.94. The quantitative estimate of drug-likeness (QED) is 0.785. The molecule has 0 aromatic heterocycles. The maximum atomic E-state index is 13.1. The van der Waals surface area contributed by atoms with Crippen LogP contribution in [0.15, 0.2) is 0 Å². The molecule has 5 heteroatoms. The maximum absolute atomic E-state index is 13.1. The van der Waals surface area contributed by atoms with E-state index < -0.39 is 0 Å². The minimum atomic E-state index is -0.250. The second-order valence-electron chi connectivity index (χ2n) is 6.39. The summed E-state index contributed by atoms with van der Waals surface area (Å²) in [5.74, 6) is 0.0386. The molecule has 0 spiro atoms. The Morgan fingerprint density at radius 1 is 1.38 bits per heavy atom. The molecule has 0 aliphatic carbocycles. The fraction of sp³-hybridized carbons (Fsp3) is 0.875. The molecule has 0 radical (unpaired) electrons. The van der Waals surface area contributed by atoms with Gasteiger partial charge in [-0.25, -0.2) is 0 Å². The number of ether oxygens (including phenoxy) is 1. The second kappa shape index (κ2) is 7.25. The number of methoxy groups -OCH3 is 1. The van der Waals surface area contributed by atoms with Crippen LogP contribution in [0.2, 0.25) is 0 Å². The summed E-state index contributed by atoms with van der Waals surface area (Å²) < 4.78 is 4.79. The summed E-state index contributed by atoms with van der Waals surface area (Å²) in [6.07, 6.45) is 6.24. The van der Waals surface area contributed by atoms with Crippen LogP contribution in [-0.2, 0) is 14.3 Å². The first-order valence-corrected chi connectivity index (χ1v) is 8.21. The Hall–Kier alpha value is -1.10. The monoisotopic (exact) mass is 296 g/mol. The van der Waals surface area contributed by atoms with Gasteiger partial charge in [0, 0.05) is 19.1 Å². The van der Waals surface area contributed by atoms with Crippen LogP contribution in [0, 0.1) is 5.41 Å². The smallest absolute Gasteiger partial charge is 0.307 e. The van der Waals surface area contributed by atoms with Crippen molar-refractivity contribution in [2.45, 2.75) is 57.9 Å². The van der Waals surface area contributed by atoms with Crippen LogP contribution < -0.4 is 5.32 Å². The number of hydrogen-bond donors (Lipinski definition) is 1. The van der Waals surface area contributed by atoms with Crippen molar-refractivity contribution in [1.29, 1.82) is 0 Å². The first kappa shape index (κ1) is 16.3. The summed E-state index contributed by atoms with van der Waals surface area (Å²) in [6.45, 7) is 4.61. The topological polar surface area (TPSA) is 58.6 Å². The molecule has 2 unspecified atom stereocenters. The van der Waals surface area contributed by atoms with E-state index in [1.807, 2.05) is 4.90 Å². The lowest BCUT2D eigenvalue weighted by Crippen LogP contribution is -2.52. The van der Waals surface area contributed by atoms with E-state index in [4.69, 9.17) is 4.74 Å². The predicted octanol–water partition coefficient (Wildman–Crippen LogP) is 1.71. The molecule has 2 aliphatic heterocycles. The number of carbonyl (C=O) groups excluding carboxylic acids is 2. The summed E-state index contributed by atoms with van der Waals surface area (Å²) in [6, 6.07) is 0.0213. The van der Waals surface area contributed by atoms with E-state index in [1.165, 1.54) is 7.11 Å². The molecule has 0 aromatic carbocycles. The fourth-order valence-electron chi connectivity index (χ4n) is 3.79. The van der Waals surface area contributed by atoms with E-state index in [-0.39, 0.29) is 23.3 Å². The number of esters is 1. The molecule has 5 nitrogen and oxygen atoms in total. The van der Waals surface area contributed by atoms with E-state index in [1.54, 1.807) is 0 Å². The lowest BCUT2D eigenvalue weighted by Gasteiger charge is -2.41. The fourth-order valence-corrected chi connectivity index (χ4v) is 3.79. The van der Waals surface area contributed by atoms with Gasteiger partial charge in [0.25, 0.3) is 0 Å². The van der Waals surface area contributed by atoms with Gasteiger partial charge in [-0.15, -0.1) is 0 Å². The first-order valence-electron chi connectivity index (χ1n) is 8.21. The van der Waals surface area contributed by atoms with Gasteiger partial charge < -0.3 is 15.0 Å². The molecule has 1 amide bonds. The first-order chi connectivity index (χ1) is 10.1. The van der Waals surface area contributed by atoms with Crippen LogP contribution in [0.4, 0.5) is 0 Å². The van der Waals surface area contributed by atoms with E-state index in [0.29, 0.717) is 6.42 Å². The van der Waals surface area contributed by atoms with Crippen molar-refractivity contribution in [2.24, 2.45) is 5.41 Å². The summed E-state index contributed by atoms with van der Waals surface area (Å²) in [5.41, 5.74) is -0.250. The Labute approximate surface area is 127 Å². The highest BCUT2D eigenvalue weighted by Crippen LogP contribution is 2.36. The maximum Gasteiger partial charge on any atom is 0.307 e. The molecule has 120 valence electrons. The number of hydrogen-bond acceptors (Lipinski definition) is 4. The number of nitrogens with zero attached hydrogens (tertiary/aromatic N) is 1. The number of rotatable bonds is 5. The van der Waals surface area contributed by atoms with Gasteiger partial charge in [0.15, 0.2) is 0 Å². The average Bonchev–Trinajstić information content (AvgIpc) is 2.97. The number of amides is 1. The molecule has 0 bridgehead atoms. The van der Waals surface area contributed by atoms with Crippen molar-refractivity contribution in [2.75, 3.05) is 26.7 Å². The molecule has 2 fully saturated rings. The third-order valence-corrected chi connectivity index (χ3v) is 4.94. The third kappa shape index (κ3) is 3.57. The van der Waals surface area contributed by atoms with Crippen LogP contribution in [0.1, 0.15) is 51.9 Å². The second-order valence-corrected chi connectivity index (χ2v) is 6.39. The van der Waals surface area contributed by atoms with Gasteiger partial charge in [-0.2, -0.15) is 0 Å². The zero-order chi connectivity index (χ0) is 15.3. The van der Waals surface area contributed by atoms with E-state index >= 15 is 0 Å². The van der Waals surface area contributed by atoms with E-state index in [0.717, 1.165) is 58.2 Å². The lowest BCUT2D eigenvalue weighted by atomic mass is 9.80. The summed E-state index contributed by atoms with van der Waals surface area (Å²) in [7, 11) is 1.41. The molecule has 1 N–H and O–H groups in total. The van der Waals surface area contributed by atoms with Crippen molar-refractivity contribution in [3.05, 3.63) is 0 Å². The van der Waals surface area contributed by atoms with Crippen LogP contribution in [0.25, 0.3) is 0 Å². The molecule has 2 rings (SSSR count). The van der Waals surface area contributed by atoms with Gasteiger partial charge in [0.05, 0.1) is 18.9 Å². The largest absolute Gasteiger partial charge is 0.469 e. The van der Waals surface area contributed by atoms with Crippen LogP contribution in [0.5, 0.6) is 0 Å². The Morgan fingerprint density at radius 3 is 2.81 bits per heavy atom. The van der Waals surface area contributed by atoms with E-state index in [2.05, 4.69) is 12.2 Å².